The number of nitrogens with zero attached hydrogens (tertiary/aromatic N) is 2. The Hall–Kier alpha value is -7.80. The van der Waals surface area contributed by atoms with Crippen LogP contribution < -0.4 is 54.8 Å². The molecule has 0 radical (unpaired) electrons. The summed E-state index contributed by atoms with van der Waals surface area (Å²) in [6, 6.07) is 2.28. The molecular weight excluding hydrogens is 975 g/mol. The number of fused-ring (bicyclic) bond motifs is 1. The Labute approximate surface area is 434 Å². The van der Waals surface area contributed by atoms with E-state index in [9.17, 15) is 58.5 Å². The van der Waals surface area contributed by atoms with Gasteiger partial charge in [0.15, 0.2) is 5.96 Å². The molecule has 1 fully saturated rings. The first-order valence-corrected chi connectivity index (χ1v) is 24.8. The van der Waals surface area contributed by atoms with E-state index in [2.05, 4.69) is 41.9 Å². The second-order valence-corrected chi connectivity index (χ2v) is 19.4. The summed E-state index contributed by atoms with van der Waals surface area (Å²) in [6.45, 7) is 8.25. The molecule has 2 heterocycles. The number of aliphatic hydroxyl groups is 1. The number of para-hydroxylation sites is 1. The summed E-state index contributed by atoms with van der Waals surface area (Å²) in [6.07, 6.45) is -0.585. The first kappa shape index (κ1) is 59.8. The lowest BCUT2D eigenvalue weighted by Crippen LogP contribution is -2.62. The molecule has 8 amide bonds. The molecule has 1 aromatic heterocycles. The van der Waals surface area contributed by atoms with Gasteiger partial charge in [-0.1, -0.05) is 58.0 Å². The first-order valence-electron chi connectivity index (χ1n) is 24.8. The summed E-state index contributed by atoms with van der Waals surface area (Å²) in [4.78, 5) is 130. The minimum absolute atomic E-state index is 0.0374. The van der Waals surface area contributed by atoms with Gasteiger partial charge in [0, 0.05) is 49.5 Å². The number of benzene rings is 2. The van der Waals surface area contributed by atoms with Crippen molar-refractivity contribution in [3.8, 4) is 5.75 Å². The van der Waals surface area contributed by atoms with E-state index in [1.165, 1.54) is 24.0 Å². The fraction of sp³-hybridized carbons (Fsp3) is 0.520. The van der Waals surface area contributed by atoms with Crippen LogP contribution in [-0.2, 0) is 56.0 Å². The Bertz CT molecular complexity index is 2530. The van der Waals surface area contributed by atoms with Crippen molar-refractivity contribution >= 4 is 70.1 Å². The first-order chi connectivity index (χ1) is 35.4. The van der Waals surface area contributed by atoms with Gasteiger partial charge in [-0.05, 0) is 80.2 Å². The number of H-pyrrole nitrogens is 1. The zero-order valence-corrected chi connectivity index (χ0v) is 42.8. The number of aromatic nitrogens is 1. The largest absolute Gasteiger partial charge is 0.508 e. The number of aliphatic hydroxyl groups excluding tert-OH is 1. The molecule has 9 unspecified atom stereocenters. The van der Waals surface area contributed by atoms with E-state index < -0.39 is 126 Å². The van der Waals surface area contributed by atoms with E-state index in [4.69, 9.17) is 22.9 Å². The zero-order chi connectivity index (χ0) is 55.7. The second-order valence-electron chi connectivity index (χ2n) is 19.4. The normalized spacial score (nSPS) is 16.5. The van der Waals surface area contributed by atoms with Gasteiger partial charge in [0.25, 0.3) is 0 Å². The van der Waals surface area contributed by atoms with Crippen LogP contribution in [0.25, 0.3) is 10.9 Å². The maximum atomic E-state index is 14.7. The number of nitrogens with two attached hydrogens (primary N) is 4. The lowest BCUT2D eigenvalue weighted by atomic mass is 9.98. The van der Waals surface area contributed by atoms with E-state index >= 15 is 0 Å². The Morgan fingerprint density at radius 3 is 1.95 bits per heavy atom. The Balaban J connectivity index is 1.62. The minimum Gasteiger partial charge on any atom is -0.508 e. The number of hydrogen-bond donors (Lipinski definition) is 14. The number of likely N-dealkylation sites (tertiary alicyclic amines) is 1. The number of amides is 8. The van der Waals surface area contributed by atoms with Crippen LogP contribution in [0.1, 0.15) is 84.3 Å². The molecule has 2 aromatic carbocycles. The quantitative estimate of drug-likeness (QED) is 0.0212. The molecule has 0 aliphatic carbocycles. The number of carbonyl (C=O) groups excluding carboxylic acids is 8. The van der Waals surface area contributed by atoms with E-state index in [1.54, 1.807) is 70.3 Å². The number of carbonyl (C=O) groups is 9. The van der Waals surface area contributed by atoms with Gasteiger partial charge in [0.05, 0.1) is 12.1 Å². The number of aliphatic imine (C=N–C) groups is 1. The molecule has 4 rings (SSSR count). The van der Waals surface area contributed by atoms with Crippen molar-refractivity contribution in [2.24, 2.45) is 39.8 Å². The van der Waals surface area contributed by atoms with Crippen LogP contribution >= 0.6 is 0 Å². The van der Waals surface area contributed by atoms with Crippen LogP contribution in [0.2, 0.25) is 0 Å². The van der Waals surface area contributed by atoms with Crippen LogP contribution in [-0.4, -0.2) is 152 Å². The van der Waals surface area contributed by atoms with Crippen LogP contribution in [0, 0.1) is 11.8 Å². The highest BCUT2D eigenvalue weighted by atomic mass is 16.4. The van der Waals surface area contributed by atoms with E-state index in [0.717, 1.165) is 0 Å². The summed E-state index contributed by atoms with van der Waals surface area (Å²) < 4.78 is 0. The molecule has 75 heavy (non-hydrogen) atoms. The van der Waals surface area contributed by atoms with Gasteiger partial charge in [-0.25, -0.2) is 4.79 Å². The van der Waals surface area contributed by atoms with Crippen molar-refractivity contribution in [2.45, 2.75) is 140 Å². The van der Waals surface area contributed by atoms with Crippen LogP contribution in [0.5, 0.6) is 5.75 Å². The number of guanidine groups is 1. The molecule has 410 valence electrons. The SMILES string of the molecule is CC(C)C(N)C(=O)NC(C(=O)NC(Cc1ccc(O)cc1)C(=O)N1CCCC1C(=O)NC(Cc1c[nH]c2ccccc12)C(=O)NC(C(=O)NC(CCC(N)=O)C(=O)NC(CCCN=C(N)N)C(=O)O)C(C)O)C(C)C. The van der Waals surface area contributed by atoms with E-state index in [-0.39, 0.29) is 62.8 Å². The topological polar surface area (TPSA) is 422 Å². The lowest BCUT2D eigenvalue weighted by Gasteiger charge is -2.32. The number of primary amides is 1. The van der Waals surface area contributed by atoms with Gasteiger partial charge in [-0.3, -0.25) is 43.3 Å². The van der Waals surface area contributed by atoms with Gasteiger partial charge in [0.2, 0.25) is 47.3 Å². The molecule has 25 heteroatoms. The van der Waals surface area contributed by atoms with Crippen molar-refractivity contribution in [3.05, 3.63) is 65.9 Å². The number of phenols is 1. The highest BCUT2D eigenvalue weighted by molar-refractivity contribution is 5.98. The summed E-state index contributed by atoms with van der Waals surface area (Å²) in [5.41, 5.74) is 23.9. The molecule has 0 spiro atoms. The van der Waals surface area contributed by atoms with Gasteiger partial charge in [-0.2, -0.15) is 0 Å². The molecule has 3 aromatic rings. The van der Waals surface area contributed by atoms with Crippen molar-refractivity contribution in [2.75, 3.05) is 13.1 Å². The Morgan fingerprint density at radius 1 is 0.720 bits per heavy atom. The highest BCUT2D eigenvalue weighted by Gasteiger charge is 2.41. The number of phenolic OH excluding ortho intramolecular Hbond substituents is 1. The molecule has 18 N–H and O–H groups in total. The number of hydrogen-bond acceptors (Lipinski definition) is 13. The van der Waals surface area contributed by atoms with Crippen molar-refractivity contribution < 1.29 is 58.5 Å². The molecule has 1 saturated heterocycles. The third kappa shape index (κ3) is 17.7. The Kier molecular flexibility index (Phi) is 22.3. The fourth-order valence-corrected chi connectivity index (χ4v) is 8.43. The molecule has 1 aliphatic heterocycles. The van der Waals surface area contributed by atoms with Crippen LogP contribution in [0.3, 0.4) is 0 Å². The third-order valence-electron chi connectivity index (χ3n) is 12.8. The maximum Gasteiger partial charge on any atom is 0.326 e. The van der Waals surface area contributed by atoms with Crippen LogP contribution in [0.15, 0.2) is 59.7 Å². The van der Waals surface area contributed by atoms with E-state index in [1.807, 2.05) is 0 Å². The summed E-state index contributed by atoms with van der Waals surface area (Å²) in [5, 5.41) is 46.8. The van der Waals surface area contributed by atoms with Crippen molar-refractivity contribution in [3.63, 3.8) is 0 Å². The minimum atomic E-state index is -1.80. The van der Waals surface area contributed by atoms with Crippen molar-refractivity contribution in [1.82, 2.24) is 41.8 Å². The standard InChI is InChI=1S/C50H73N13O12/c1-25(2)39(52)45(70)61-40(26(3)4)46(71)60-36(22-28-14-16-30(65)17-15-28)48(73)63-21-9-13-37(63)44(69)59-35(23-29-24-56-32-11-7-6-10-31(29)32)43(68)62-41(27(5)64)47(72)57-33(18-19-38(51)66)42(67)58-34(49(74)75)12-8-20-55-50(53)54/h6-7,10-11,14-17,24-27,33-37,39-41,56,64-65H,8-9,12-13,18-23,52H2,1-5H3,(H2,51,66)(H,57,72)(H,58,67)(H,59,69)(H,60,71)(H,61,70)(H,62,68)(H,74,75)(H4,53,54,55). The monoisotopic (exact) mass is 1050 g/mol. The predicted octanol–water partition coefficient (Wildman–Crippen LogP) is -2.02. The number of carboxylic acid groups (broad SMARTS) is 1. The van der Waals surface area contributed by atoms with Crippen molar-refractivity contribution in [1.29, 1.82) is 0 Å². The summed E-state index contributed by atoms with van der Waals surface area (Å²) >= 11 is 0. The van der Waals surface area contributed by atoms with Crippen LogP contribution in [0.4, 0.5) is 0 Å². The van der Waals surface area contributed by atoms with Gasteiger partial charge >= 0.3 is 5.97 Å². The number of nitrogens with one attached hydrogen (secondary N) is 7. The summed E-state index contributed by atoms with van der Waals surface area (Å²) in [5.74, 6) is -8.96. The summed E-state index contributed by atoms with van der Waals surface area (Å²) in [7, 11) is 0. The van der Waals surface area contributed by atoms with Gasteiger partial charge < -0.3 is 80.0 Å². The smallest absolute Gasteiger partial charge is 0.326 e. The molecule has 25 nitrogen and oxygen atoms in total. The number of aliphatic carboxylic acids is 1. The number of aromatic hydroxyl groups is 1. The Morgan fingerprint density at radius 2 is 1.33 bits per heavy atom. The molecule has 9 atom stereocenters. The number of carboxylic acids is 1. The fourth-order valence-electron chi connectivity index (χ4n) is 8.43. The van der Waals surface area contributed by atoms with E-state index in [0.29, 0.717) is 28.5 Å². The van der Waals surface area contributed by atoms with Gasteiger partial charge in [-0.15, -0.1) is 0 Å². The average molecular weight is 1050 g/mol. The third-order valence-corrected chi connectivity index (χ3v) is 12.8. The highest BCUT2D eigenvalue weighted by Crippen LogP contribution is 2.23. The predicted molar refractivity (Wildman–Crippen MR) is 275 cm³/mol. The zero-order valence-electron chi connectivity index (χ0n) is 42.8. The van der Waals surface area contributed by atoms with Gasteiger partial charge in [0.1, 0.15) is 48.0 Å². The molecule has 0 saturated carbocycles. The number of rotatable bonds is 28. The average Bonchev–Trinajstić information content (AvgIpc) is 4.01. The number of aromatic amines is 1. The maximum absolute atomic E-state index is 14.7. The second kappa shape index (κ2) is 28.0. The lowest BCUT2D eigenvalue weighted by molar-refractivity contribution is -0.143. The molecule has 1 aliphatic rings. The molecule has 0 bridgehead atoms. The molecular formula is C50H73N13O12.